The standard InChI is InChI=1S/C22H26N4O4/c23-11-22-6-5-14(8-22)10-25(12-22)9-13-1-2-15-16(7-13)21(30)26(20(15)29)17-3-4-18(27)24-19(17)28/h1-2,7,14,17H,3-6,8-12,23H2,(H,24,27,28). The molecule has 2 saturated heterocycles. The highest BCUT2D eigenvalue weighted by molar-refractivity contribution is 6.23. The normalized spacial score (nSPS) is 31.3. The van der Waals surface area contributed by atoms with Crippen molar-refractivity contribution in [3.63, 3.8) is 0 Å². The summed E-state index contributed by atoms with van der Waals surface area (Å²) in [5, 5.41) is 2.22. The Hall–Kier alpha value is -2.58. The van der Waals surface area contributed by atoms with E-state index in [1.54, 1.807) is 12.1 Å². The molecule has 0 aromatic heterocycles. The maximum atomic E-state index is 13.0. The highest BCUT2D eigenvalue weighted by Crippen LogP contribution is 2.46. The molecule has 158 valence electrons. The largest absolute Gasteiger partial charge is 0.330 e. The molecule has 3 unspecified atom stereocenters. The van der Waals surface area contributed by atoms with Gasteiger partial charge in [-0.2, -0.15) is 0 Å². The Bertz CT molecular complexity index is 960. The van der Waals surface area contributed by atoms with Gasteiger partial charge in [0.05, 0.1) is 11.1 Å². The number of likely N-dealkylation sites (tertiary alicyclic amines) is 1. The average molecular weight is 410 g/mol. The maximum Gasteiger partial charge on any atom is 0.262 e. The molecule has 8 nitrogen and oxygen atoms in total. The number of carbonyl (C=O) groups excluding carboxylic acids is 4. The number of piperidine rings is 2. The van der Waals surface area contributed by atoms with E-state index in [4.69, 9.17) is 5.73 Å². The van der Waals surface area contributed by atoms with Crippen LogP contribution in [0.2, 0.25) is 0 Å². The Morgan fingerprint density at radius 2 is 1.90 bits per heavy atom. The van der Waals surface area contributed by atoms with Gasteiger partial charge in [0.15, 0.2) is 0 Å². The first kappa shape index (κ1) is 19.4. The van der Waals surface area contributed by atoms with Crippen LogP contribution in [0.1, 0.15) is 58.4 Å². The molecule has 1 aromatic rings. The Balaban J connectivity index is 1.35. The van der Waals surface area contributed by atoms with Crippen LogP contribution in [0.25, 0.3) is 0 Å². The second-order valence-electron chi connectivity index (χ2n) is 9.31. The third-order valence-electron chi connectivity index (χ3n) is 7.22. The van der Waals surface area contributed by atoms with E-state index < -0.39 is 23.8 Å². The lowest BCUT2D eigenvalue weighted by atomic mass is 9.82. The lowest BCUT2D eigenvalue weighted by molar-refractivity contribution is -0.136. The minimum atomic E-state index is -0.930. The fourth-order valence-corrected chi connectivity index (χ4v) is 5.78. The second kappa shape index (κ2) is 6.99. The predicted octanol–water partition coefficient (Wildman–Crippen LogP) is 0.649. The van der Waals surface area contributed by atoms with Crippen LogP contribution >= 0.6 is 0 Å². The molecular weight excluding hydrogens is 384 g/mol. The highest BCUT2D eigenvalue weighted by atomic mass is 16.2. The SMILES string of the molecule is NCC12CCC(CN(Cc3ccc4c(c3)C(=O)N(C3CCC(=O)NC3=O)C4=O)C1)C2. The van der Waals surface area contributed by atoms with Gasteiger partial charge in [-0.25, -0.2) is 0 Å². The van der Waals surface area contributed by atoms with Crippen molar-refractivity contribution < 1.29 is 19.2 Å². The zero-order valence-corrected chi connectivity index (χ0v) is 16.9. The number of amides is 4. The molecule has 1 aliphatic carbocycles. The average Bonchev–Trinajstić information content (AvgIpc) is 3.16. The van der Waals surface area contributed by atoms with Crippen molar-refractivity contribution in [3.8, 4) is 0 Å². The van der Waals surface area contributed by atoms with Crippen LogP contribution in [0.15, 0.2) is 18.2 Å². The van der Waals surface area contributed by atoms with E-state index in [-0.39, 0.29) is 24.2 Å². The van der Waals surface area contributed by atoms with Crippen molar-refractivity contribution in [2.45, 2.75) is 44.7 Å². The number of benzene rings is 1. The summed E-state index contributed by atoms with van der Waals surface area (Å²) in [5.74, 6) is -1.20. The zero-order valence-electron chi connectivity index (χ0n) is 16.9. The molecule has 1 aromatic carbocycles. The van der Waals surface area contributed by atoms with Crippen molar-refractivity contribution in [1.29, 1.82) is 0 Å². The lowest BCUT2D eigenvalue weighted by Gasteiger charge is -2.39. The summed E-state index contributed by atoms with van der Waals surface area (Å²) in [7, 11) is 0. The molecule has 4 aliphatic rings. The molecular formula is C22H26N4O4. The first-order valence-electron chi connectivity index (χ1n) is 10.7. The molecule has 5 rings (SSSR count). The zero-order chi connectivity index (χ0) is 21.0. The first-order chi connectivity index (χ1) is 14.4. The van der Waals surface area contributed by atoms with E-state index in [0.717, 1.165) is 23.6 Å². The number of hydrogen-bond acceptors (Lipinski definition) is 6. The van der Waals surface area contributed by atoms with Gasteiger partial charge in [-0.1, -0.05) is 6.07 Å². The van der Waals surface area contributed by atoms with Crippen LogP contribution < -0.4 is 11.1 Å². The molecule has 3 heterocycles. The molecule has 0 radical (unpaired) electrons. The first-order valence-corrected chi connectivity index (χ1v) is 10.7. The van der Waals surface area contributed by atoms with Gasteiger partial charge < -0.3 is 5.73 Å². The molecule has 3 aliphatic heterocycles. The summed E-state index contributed by atoms with van der Waals surface area (Å²) in [6.07, 6.45) is 3.90. The number of nitrogens with two attached hydrogens (primary N) is 1. The molecule has 2 bridgehead atoms. The number of imide groups is 2. The smallest absolute Gasteiger partial charge is 0.262 e. The summed E-state index contributed by atoms with van der Waals surface area (Å²) < 4.78 is 0. The summed E-state index contributed by atoms with van der Waals surface area (Å²) in [6, 6.07) is 4.44. The Labute approximate surface area is 174 Å². The van der Waals surface area contributed by atoms with Crippen LogP contribution in [0, 0.1) is 11.3 Å². The second-order valence-corrected chi connectivity index (χ2v) is 9.31. The number of nitrogens with one attached hydrogen (secondary N) is 1. The number of nitrogens with zero attached hydrogens (tertiary/aromatic N) is 2. The highest BCUT2D eigenvalue weighted by Gasteiger charge is 2.46. The molecule has 4 amide bonds. The van der Waals surface area contributed by atoms with Crippen LogP contribution in [0.3, 0.4) is 0 Å². The maximum absolute atomic E-state index is 13.0. The van der Waals surface area contributed by atoms with Crippen molar-refractivity contribution in [2.24, 2.45) is 17.1 Å². The molecule has 8 heteroatoms. The molecule has 1 saturated carbocycles. The topological polar surface area (TPSA) is 113 Å². The van der Waals surface area contributed by atoms with E-state index in [2.05, 4.69) is 10.2 Å². The lowest BCUT2D eigenvalue weighted by Crippen LogP contribution is -2.54. The van der Waals surface area contributed by atoms with Crippen molar-refractivity contribution in [1.82, 2.24) is 15.1 Å². The van der Waals surface area contributed by atoms with Gasteiger partial charge in [-0.05, 0) is 61.3 Å². The Kier molecular flexibility index (Phi) is 4.52. The Morgan fingerprint density at radius 3 is 2.67 bits per heavy atom. The van der Waals surface area contributed by atoms with Crippen LogP contribution in [0.5, 0.6) is 0 Å². The molecule has 3 N–H and O–H groups in total. The van der Waals surface area contributed by atoms with Gasteiger partial charge in [0.25, 0.3) is 11.8 Å². The minimum absolute atomic E-state index is 0.119. The summed E-state index contributed by atoms with van der Waals surface area (Å²) >= 11 is 0. The number of hydrogen-bond donors (Lipinski definition) is 2. The van der Waals surface area contributed by atoms with Crippen LogP contribution in [-0.4, -0.2) is 59.1 Å². The Morgan fingerprint density at radius 1 is 1.10 bits per heavy atom. The molecule has 0 spiro atoms. The fourth-order valence-electron chi connectivity index (χ4n) is 5.78. The summed E-state index contributed by atoms with van der Waals surface area (Å²) in [6.45, 7) is 3.42. The van der Waals surface area contributed by atoms with Gasteiger partial charge >= 0.3 is 0 Å². The quantitative estimate of drug-likeness (QED) is 0.705. The van der Waals surface area contributed by atoms with Gasteiger partial charge in [0.1, 0.15) is 6.04 Å². The number of carbonyl (C=O) groups is 4. The monoisotopic (exact) mass is 410 g/mol. The van der Waals surface area contributed by atoms with Crippen LogP contribution in [-0.2, 0) is 16.1 Å². The van der Waals surface area contributed by atoms with E-state index in [1.165, 1.54) is 19.3 Å². The molecule has 30 heavy (non-hydrogen) atoms. The minimum Gasteiger partial charge on any atom is -0.330 e. The fraction of sp³-hybridized carbons (Fsp3) is 0.545. The molecule has 3 fully saturated rings. The number of fused-ring (bicyclic) bond motifs is 3. The third kappa shape index (κ3) is 3.06. The van der Waals surface area contributed by atoms with E-state index in [0.29, 0.717) is 30.1 Å². The van der Waals surface area contributed by atoms with Crippen LogP contribution in [0.4, 0.5) is 0 Å². The summed E-state index contributed by atoms with van der Waals surface area (Å²) in [5.41, 5.74) is 7.94. The van der Waals surface area contributed by atoms with E-state index in [1.807, 2.05) is 6.07 Å². The summed E-state index contributed by atoms with van der Waals surface area (Å²) in [4.78, 5) is 52.9. The van der Waals surface area contributed by atoms with Crippen molar-refractivity contribution >= 4 is 23.6 Å². The predicted molar refractivity (Wildman–Crippen MR) is 107 cm³/mol. The van der Waals surface area contributed by atoms with E-state index >= 15 is 0 Å². The van der Waals surface area contributed by atoms with E-state index in [9.17, 15) is 19.2 Å². The van der Waals surface area contributed by atoms with Crippen molar-refractivity contribution in [2.75, 3.05) is 19.6 Å². The molecule has 3 atom stereocenters. The van der Waals surface area contributed by atoms with Crippen molar-refractivity contribution in [3.05, 3.63) is 34.9 Å². The third-order valence-corrected chi connectivity index (χ3v) is 7.22. The van der Waals surface area contributed by atoms with Gasteiger partial charge in [-0.3, -0.25) is 34.3 Å². The van der Waals surface area contributed by atoms with Gasteiger partial charge in [0.2, 0.25) is 11.8 Å². The van der Waals surface area contributed by atoms with Gasteiger partial charge in [0, 0.05) is 26.1 Å². The van der Waals surface area contributed by atoms with Gasteiger partial charge in [-0.15, -0.1) is 0 Å². The number of rotatable bonds is 4.